The van der Waals surface area contributed by atoms with Crippen LogP contribution >= 0.6 is 0 Å². The fraction of sp³-hybridized carbons (Fsp3) is 0.154. The largest absolute Gasteiger partial charge is 0.439 e. The third-order valence-corrected chi connectivity index (χ3v) is 5.35. The number of ether oxygens (including phenoxy) is 1. The van der Waals surface area contributed by atoms with E-state index in [2.05, 4.69) is 78.9 Å². The molecule has 30 heavy (non-hydrogen) atoms. The summed E-state index contributed by atoms with van der Waals surface area (Å²) in [6.07, 6.45) is 3.62. The molecule has 2 aromatic carbocycles. The summed E-state index contributed by atoms with van der Waals surface area (Å²) < 4.78 is 8.22. The number of nitrogens with zero attached hydrogens (tertiary/aromatic N) is 3. The minimum atomic E-state index is 0.0453. The lowest BCUT2D eigenvalue weighted by molar-refractivity contribution is 0.463. The molecule has 5 rings (SSSR count). The molecule has 0 aliphatic heterocycles. The number of fused-ring (bicyclic) bond motifs is 3. The molecule has 0 radical (unpaired) electrons. The van der Waals surface area contributed by atoms with Gasteiger partial charge in [0.2, 0.25) is 5.88 Å². The van der Waals surface area contributed by atoms with Gasteiger partial charge in [-0.25, -0.2) is 9.97 Å². The van der Waals surface area contributed by atoms with Gasteiger partial charge in [-0.3, -0.25) is 4.57 Å². The average molecular weight is 393 g/mol. The molecule has 148 valence electrons. The van der Waals surface area contributed by atoms with Crippen LogP contribution in [0.4, 0.5) is 0 Å². The zero-order chi connectivity index (χ0) is 20.7. The van der Waals surface area contributed by atoms with Gasteiger partial charge in [0.15, 0.2) is 0 Å². The number of hydrogen-bond acceptors (Lipinski definition) is 3. The van der Waals surface area contributed by atoms with Gasteiger partial charge in [0.1, 0.15) is 11.6 Å². The Morgan fingerprint density at radius 2 is 1.53 bits per heavy atom. The van der Waals surface area contributed by atoms with Crippen molar-refractivity contribution < 1.29 is 4.74 Å². The first kappa shape index (κ1) is 18.4. The summed E-state index contributed by atoms with van der Waals surface area (Å²) in [4.78, 5) is 8.99. The summed E-state index contributed by atoms with van der Waals surface area (Å²) in [5, 5.41) is 2.36. The van der Waals surface area contributed by atoms with Crippen LogP contribution in [0.15, 0.2) is 85.2 Å². The predicted molar refractivity (Wildman–Crippen MR) is 122 cm³/mol. The van der Waals surface area contributed by atoms with Gasteiger partial charge in [-0.15, -0.1) is 0 Å². The summed E-state index contributed by atoms with van der Waals surface area (Å²) in [5.74, 6) is 2.23. The normalized spacial score (nSPS) is 11.8. The van der Waals surface area contributed by atoms with Crippen molar-refractivity contribution in [1.29, 1.82) is 0 Å². The first-order valence-corrected chi connectivity index (χ1v) is 10.1. The highest BCUT2D eigenvalue weighted by atomic mass is 16.5. The Hall–Kier alpha value is -3.66. The second kappa shape index (κ2) is 6.99. The van der Waals surface area contributed by atoms with E-state index in [1.54, 1.807) is 6.20 Å². The summed E-state index contributed by atoms with van der Waals surface area (Å²) in [7, 11) is 0. The van der Waals surface area contributed by atoms with Crippen LogP contribution in [0.25, 0.3) is 27.6 Å². The molecule has 0 unspecified atom stereocenters. The number of rotatable bonds is 3. The summed E-state index contributed by atoms with van der Waals surface area (Å²) >= 11 is 0. The second-order valence-electron chi connectivity index (χ2n) is 8.45. The van der Waals surface area contributed by atoms with Crippen LogP contribution in [0.5, 0.6) is 11.6 Å². The third-order valence-electron chi connectivity index (χ3n) is 5.35. The van der Waals surface area contributed by atoms with Crippen molar-refractivity contribution in [1.82, 2.24) is 14.5 Å². The molecule has 0 bridgehead atoms. The van der Waals surface area contributed by atoms with Crippen LogP contribution in [0.3, 0.4) is 0 Å². The van der Waals surface area contributed by atoms with E-state index in [1.807, 2.05) is 30.5 Å². The van der Waals surface area contributed by atoms with Crippen LogP contribution in [0.2, 0.25) is 0 Å². The first-order valence-electron chi connectivity index (χ1n) is 10.1. The molecule has 0 aliphatic carbocycles. The van der Waals surface area contributed by atoms with E-state index in [0.717, 1.165) is 22.6 Å². The maximum absolute atomic E-state index is 6.01. The molecule has 3 aromatic heterocycles. The highest BCUT2D eigenvalue weighted by molar-refractivity contribution is 6.09. The molecule has 0 fully saturated rings. The number of pyridine rings is 2. The molecule has 3 heterocycles. The smallest absolute Gasteiger partial charge is 0.219 e. The summed E-state index contributed by atoms with van der Waals surface area (Å²) in [5.41, 5.74) is 3.48. The lowest BCUT2D eigenvalue weighted by Crippen LogP contribution is -2.12. The lowest BCUT2D eigenvalue weighted by Gasteiger charge is -2.20. The van der Waals surface area contributed by atoms with Crippen molar-refractivity contribution in [3.05, 3.63) is 90.8 Å². The van der Waals surface area contributed by atoms with Crippen molar-refractivity contribution in [3.63, 3.8) is 0 Å². The highest BCUT2D eigenvalue weighted by Crippen LogP contribution is 2.35. The third kappa shape index (κ3) is 3.20. The minimum absolute atomic E-state index is 0.0453. The van der Waals surface area contributed by atoms with Crippen LogP contribution < -0.4 is 4.74 Å². The van der Waals surface area contributed by atoms with E-state index in [0.29, 0.717) is 5.88 Å². The van der Waals surface area contributed by atoms with Crippen molar-refractivity contribution in [3.8, 4) is 17.4 Å². The van der Waals surface area contributed by atoms with E-state index in [4.69, 9.17) is 9.72 Å². The fourth-order valence-electron chi connectivity index (χ4n) is 3.80. The van der Waals surface area contributed by atoms with Crippen LogP contribution in [0.1, 0.15) is 26.3 Å². The monoisotopic (exact) mass is 393 g/mol. The fourth-order valence-corrected chi connectivity index (χ4v) is 3.80. The number of benzene rings is 2. The Morgan fingerprint density at radius 3 is 2.33 bits per heavy atom. The molecule has 0 aliphatic rings. The quantitative estimate of drug-likeness (QED) is 0.344. The van der Waals surface area contributed by atoms with Gasteiger partial charge in [0, 0.05) is 35.3 Å². The maximum Gasteiger partial charge on any atom is 0.219 e. The van der Waals surface area contributed by atoms with Crippen LogP contribution in [-0.2, 0) is 5.41 Å². The van der Waals surface area contributed by atoms with Crippen molar-refractivity contribution in [2.24, 2.45) is 0 Å². The van der Waals surface area contributed by atoms with Crippen molar-refractivity contribution in [2.45, 2.75) is 26.2 Å². The lowest BCUT2D eigenvalue weighted by atomic mass is 9.88. The summed E-state index contributed by atoms with van der Waals surface area (Å²) in [6, 6.07) is 24.5. The molecule has 0 atom stereocenters. The molecule has 4 heteroatoms. The van der Waals surface area contributed by atoms with E-state index < -0.39 is 0 Å². The zero-order valence-corrected chi connectivity index (χ0v) is 17.3. The molecule has 0 N–H and O–H groups in total. The highest BCUT2D eigenvalue weighted by Gasteiger charge is 2.18. The average Bonchev–Trinajstić information content (AvgIpc) is 3.07. The SMILES string of the molecule is CC(C)(C)c1ccnc(-n2c3ccccc3c3ccc(Oc4ccccn4)cc32)c1. The zero-order valence-electron chi connectivity index (χ0n) is 17.3. The second-order valence-corrected chi connectivity index (χ2v) is 8.45. The summed E-state index contributed by atoms with van der Waals surface area (Å²) in [6.45, 7) is 6.66. The van der Waals surface area contributed by atoms with Gasteiger partial charge < -0.3 is 4.74 Å². The number of para-hydroxylation sites is 1. The van der Waals surface area contributed by atoms with Gasteiger partial charge >= 0.3 is 0 Å². The Kier molecular flexibility index (Phi) is 4.28. The number of hydrogen-bond donors (Lipinski definition) is 0. The molecule has 0 saturated carbocycles. The van der Waals surface area contributed by atoms with Crippen LogP contribution in [0, 0.1) is 0 Å². The van der Waals surface area contributed by atoms with E-state index in [-0.39, 0.29) is 5.41 Å². The van der Waals surface area contributed by atoms with Gasteiger partial charge in [0.05, 0.1) is 11.0 Å². The molecule has 0 spiro atoms. The van der Waals surface area contributed by atoms with Gasteiger partial charge in [-0.2, -0.15) is 0 Å². The van der Waals surface area contributed by atoms with Crippen LogP contribution in [-0.4, -0.2) is 14.5 Å². The van der Waals surface area contributed by atoms with E-state index in [1.165, 1.54) is 16.3 Å². The molecular weight excluding hydrogens is 370 g/mol. The molecule has 0 amide bonds. The number of aromatic nitrogens is 3. The van der Waals surface area contributed by atoms with E-state index >= 15 is 0 Å². The predicted octanol–water partition coefficient (Wildman–Crippen LogP) is 6.66. The Labute approximate surface area is 175 Å². The molecule has 0 saturated heterocycles. The first-order chi connectivity index (χ1) is 14.5. The Balaban J connectivity index is 1.74. The Bertz CT molecular complexity index is 1350. The van der Waals surface area contributed by atoms with E-state index in [9.17, 15) is 0 Å². The van der Waals surface area contributed by atoms with Gasteiger partial charge in [-0.05, 0) is 47.4 Å². The molecule has 5 aromatic rings. The van der Waals surface area contributed by atoms with Crippen molar-refractivity contribution in [2.75, 3.05) is 0 Å². The Morgan fingerprint density at radius 1 is 0.733 bits per heavy atom. The topological polar surface area (TPSA) is 39.9 Å². The molecular formula is C26H23N3O. The van der Waals surface area contributed by atoms with Gasteiger partial charge in [0.25, 0.3) is 0 Å². The molecule has 4 nitrogen and oxygen atoms in total. The minimum Gasteiger partial charge on any atom is -0.439 e. The maximum atomic E-state index is 6.01. The van der Waals surface area contributed by atoms with Gasteiger partial charge in [-0.1, -0.05) is 45.0 Å². The standard InChI is InChI=1S/C26H23N3O/c1-26(2,3)18-13-15-27-24(16-18)29-22-9-5-4-8-20(22)21-12-11-19(17-23(21)29)30-25-10-6-7-14-28-25/h4-17H,1-3H3. The van der Waals surface area contributed by atoms with Crippen molar-refractivity contribution >= 4 is 21.8 Å².